The van der Waals surface area contributed by atoms with E-state index in [2.05, 4.69) is 10.3 Å². The van der Waals surface area contributed by atoms with Gasteiger partial charge in [0, 0.05) is 12.7 Å². The van der Waals surface area contributed by atoms with Crippen molar-refractivity contribution in [2.45, 2.75) is 26.8 Å². The average molecular weight is 323 g/mol. The second kappa shape index (κ2) is 6.74. The van der Waals surface area contributed by atoms with E-state index in [1.807, 2.05) is 60.8 Å². The molecule has 3 aromatic rings. The Bertz CT molecular complexity index is 866. The molecule has 5 nitrogen and oxygen atoms in total. The number of pyridine rings is 1. The zero-order valence-electron chi connectivity index (χ0n) is 14.2. The molecule has 2 aromatic heterocycles. The molecule has 3 rings (SSSR count). The van der Waals surface area contributed by atoms with Crippen LogP contribution in [0.1, 0.15) is 34.2 Å². The number of ether oxygens (including phenoxy) is 1. The molecule has 0 aliphatic carbocycles. The maximum absolute atomic E-state index is 12.7. The fourth-order valence-corrected chi connectivity index (χ4v) is 2.75. The number of fused-ring (bicyclic) bond motifs is 1. The Morgan fingerprint density at radius 2 is 2.00 bits per heavy atom. The van der Waals surface area contributed by atoms with Crippen LogP contribution in [0.5, 0.6) is 5.75 Å². The molecule has 0 aliphatic rings. The van der Waals surface area contributed by atoms with Crippen molar-refractivity contribution in [2.24, 2.45) is 0 Å². The zero-order chi connectivity index (χ0) is 17.1. The number of aryl methyl sites for hydroxylation is 2. The Hall–Kier alpha value is -2.82. The van der Waals surface area contributed by atoms with Crippen LogP contribution in [0.15, 0.2) is 42.6 Å². The van der Waals surface area contributed by atoms with Crippen molar-refractivity contribution in [3.05, 3.63) is 65.1 Å². The maximum atomic E-state index is 12.7. The first-order chi connectivity index (χ1) is 11.6. The number of hydrogen-bond acceptors (Lipinski definition) is 3. The molecule has 0 saturated heterocycles. The van der Waals surface area contributed by atoms with Gasteiger partial charge in [-0.15, -0.1) is 0 Å². The summed E-state index contributed by atoms with van der Waals surface area (Å²) in [5.41, 5.74) is 4.35. The molecule has 0 aliphatic heterocycles. The molecule has 5 heteroatoms. The van der Waals surface area contributed by atoms with Crippen molar-refractivity contribution in [1.82, 2.24) is 14.7 Å². The molecule has 0 atom stereocenters. The highest BCUT2D eigenvalue weighted by Gasteiger charge is 2.18. The second-order valence-corrected chi connectivity index (χ2v) is 5.68. The number of benzene rings is 1. The lowest BCUT2D eigenvalue weighted by Crippen LogP contribution is -2.25. The highest BCUT2D eigenvalue weighted by Crippen LogP contribution is 2.17. The van der Waals surface area contributed by atoms with Crippen molar-refractivity contribution in [3.63, 3.8) is 0 Å². The van der Waals surface area contributed by atoms with E-state index in [1.165, 1.54) is 0 Å². The summed E-state index contributed by atoms with van der Waals surface area (Å²) in [4.78, 5) is 17.3. The third-order valence-electron chi connectivity index (χ3n) is 4.08. The molecule has 0 bridgehead atoms. The van der Waals surface area contributed by atoms with E-state index in [-0.39, 0.29) is 5.91 Å². The molecule has 24 heavy (non-hydrogen) atoms. The number of amides is 1. The molecule has 1 N–H and O–H groups in total. The van der Waals surface area contributed by atoms with Crippen molar-refractivity contribution in [2.75, 3.05) is 7.11 Å². The van der Waals surface area contributed by atoms with Gasteiger partial charge in [0.15, 0.2) is 0 Å². The fourth-order valence-electron chi connectivity index (χ4n) is 2.75. The smallest absolute Gasteiger partial charge is 0.270 e. The molecule has 0 saturated carbocycles. The second-order valence-electron chi connectivity index (χ2n) is 5.68. The van der Waals surface area contributed by atoms with E-state index in [1.54, 1.807) is 7.11 Å². The first-order valence-corrected chi connectivity index (χ1v) is 8.01. The quantitative estimate of drug-likeness (QED) is 0.785. The van der Waals surface area contributed by atoms with Gasteiger partial charge < -0.3 is 10.1 Å². The van der Waals surface area contributed by atoms with Gasteiger partial charge >= 0.3 is 0 Å². The van der Waals surface area contributed by atoms with Crippen LogP contribution in [0, 0.1) is 6.92 Å². The van der Waals surface area contributed by atoms with E-state index in [9.17, 15) is 4.79 Å². The summed E-state index contributed by atoms with van der Waals surface area (Å²) in [7, 11) is 1.63. The molecule has 0 spiro atoms. The van der Waals surface area contributed by atoms with Crippen molar-refractivity contribution in [3.8, 4) is 5.75 Å². The van der Waals surface area contributed by atoms with E-state index < -0.39 is 0 Å². The van der Waals surface area contributed by atoms with Crippen molar-refractivity contribution >= 4 is 11.6 Å². The molecule has 1 aromatic carbocycles. The number of hydrogen-bond donors (Lipinski definition) is 1. The SMILES string of the molecule is CCc1nc2c(C)cccn2c1C(=O)NCc1ccc(OC)cc1. The van der Waals surface area contributed by atoms with Gasteiger partial charge in [-0.3, -0.25) is 9.20 Å². The van der Waals surface area contributed by atoms with Gasteiger partial charge in [0.25, 0.3) is 5.91 Å². The molecule has 124 valence electrons. The maximum Gasteiger partial charge on any atom is 0.270 e. The first-order valence-electron chi connectivity index (χ1n) is 8.01. The van der Waals surface area contributed by atoms with E-state index in [0.29, 0.717) is 18.7 Å². The van der Waals surface area contributed by atoms with Crippen molar-refractivity contribution in [1.29, 1.82) is 0 Å². The molecule has 1 amide bonds. The minimum Gasteiger partial charge on any atom is -0.497 e. The van der Waals surface area contributed by atoms with Crippen LogP contribution in [-0.2, 0) is 13.0 Å². The van der Waals surface area contributed by atoms with Gasteiger partial charge in [-0.25, -0.2) is 4.98 Å². The lowest BCUT2D eigenvalue weighted by molar-refractivity contribution is 0.0944. The number of carbonyl (C=O) groups excluding carboxylic acids is 1. The molecule has 2 heterocycles. The Kier molecular flexibility index (Phi) is 4.51. The topological polar surface area (TPSA) is 55.6 Å². The summed E-state index contributed by atoms with van der Waals surface area (Å²) in [5, 5.41) is 2.98. The van der Waals surface area contributed by atoms with Crippen molar-refractivity contribution < 1.29 is 9.53 Å². The Balaban J connectivity index is 1.84. The Morgan fingerprint density at radius 1 is 1.25 bits per heavy atom. The van der Waals surface area contributed by atoms with Gasteiger partial charge in [0.05, 0.1) is 12.8 Å². The normalized spacial score (nSPS) is 10.8. The van der Waals surface area contributed by atoms with Crippen LogP contribution in [0.3, 0.4) is 0 Å². The highest BCUT2D eigenvalue weighted by molar-refractivity contribution is 5.94. The molecule has 0 fully saturated rings. The van der Waals surface area contributed by atoms with Crippen LogP contribution in [-0.4, -0.2) is 22.4 Å². The lowest BCUT2D eigenvalue weighted by Gasteiger charge is -2.08. The number of aromatic nitrogens is 2. The number of imidazole rings is 1. The highest BCUT2D eigenvalue weighted by atomic mass is 16.5. The molecular formula is C19H21N3O2. The van der Waals surface area contributed by atoms with Gasteiger partial charge in [0.2, 0.25) is 0 Å². The van der Waals surface area contributed by atoms with Crippen LogP contribution in [0.2, 0.25) is 0 Å². The number of carbonyl (C=O) groups is 1. The predicted octanol–water partition coefficient (Wildman–Crippen LogP) is 3.14. The van der Waals surface area contributed by atoms with Crippen LogP contribution in [0.25, 0.3) is 5.65 Å². The van der Waals surface area contributed by atoms with E-state index in [0.717, 1.165) is 28.2 Å². The predicted molar refractivity (Wildman–Crippen MR) is 93.5 cm³/mol. The first kappa shape index (κ1) is 16.1. The summed E-state index contributed by atoms with van der Waals surface area (Å²) in [6.45, 7) is 4.48. The van der Waals surface area contributed by atoms with E-state index in [4.69, 9.17) is 4.74 Å². The third-order valence-corrected chi connectivity index (χ3v) is 4.08. The largest absolute Gasteiger partial charge is 0.497 e. The number of methoxy groups -OCH3 is 1. The summed E-state index contributed by atoms with van der Waals surface area (Å²) in [6, 6.07) is 11.6. The van der Waals surface area contributed by atoms with Gasteiger partial charge in [-0.05, 0) is 42.7 Å². The summed E-state index contributed by atoms with van der Waals surface area (Å²) in [5.74, 6) is 0.691. The third kappa shape index (κ3) is 2.97. The summed E-state index contributed by atoms with van der Waals surface area (Å²) in [6.07, 6.45) is 2.60. The molecular weight excluding hydrogens is 302 g/mol. The van der Waals surface area contributed by atoms with Gasteiger partial charge in [0.1, 0.15) is 17.1 Å². The molecule has 0 radical (unpaired) electrons. The summed E-state index contributed by atoms with van der Waals surface area (Å²) < 4.78 is 7.02. The standard InChI is InChI=1S/C19H21N3O2/c1-4-16-17(22-11-5-6-13(2)18(22)21-16)19(23)20-12-14-7-9-15(24-3)10-8-14/h5-11H,4,12H2,1-3H3,(H,20,23). The van der Waals surface area contributed by atoms with Crippen LogP contribution >= 0.6 is 0 Å². The van der Waals surface area contributed by atoms with Gasteiger partial charge in [-0.2, -0.15) is 0 Å². The Morgan fingerprint density at radius 3 is 2.67 bits per heavy atom. The minimum atomic E-state index is -0.110. The fraction of sp³-hybridized carbons (Fsp3) is 0.263. The van der Waals surface area contributed by atoms with Crippen LogP contribution in [0.4, 0.5) is 0 Å². The van der Waals surface area contributed by atoms with Gasteiger partial charge in [-0.1, -0.05) is 25.1 Å². The minimum absolute atomic E-state index is 0.110. The zero-order valence-corrected chi connectivity index (χ0v) is 14.2. The number of nitrogens with zero attached hydrogens (tertiary/aromatic N) is 2. The lowest BCUT2D eigenvalue weighted by atomic mass is 10.2. The summed E-state index contributed by atoms with van der Waals surface area (Å²) >= 11 is 0. The van der Waals surface area contributed by atoms with E-state index >= 15 is 0 Å². The number of nitrogens with one attached hydrogen (secondary N) is 1. The monoisotopic (exact) mass is 323 g/mol. The average Bonchev–Trinajstić information content (AvgIpc) is 3.00. The molecule has 0 unspecified atom stereocenters. The Labute approximate surface area is 141 Å². The number of rotatable bonds is 5. The van der Waals surface area contributed by atoms with Crippen LogP contribution < -0.4 is 10.1 Å².